The molecule has 0 spiro atoms. The summed E-state index contributed by atoms with van der Waals surface area (Å²) < 4.78 is 0. The molecule has 0 radical (unpaired) electrons. The molecule has 1 rings (SSSR count). The van der Waals surface area contributed by atoms with E-state index in [4.69, 9.17) is 11.6 Å². The van der Waals surface area contributed by atoms with Crippen LogP contribution in [0.4, 0.5) is 5.69 Å². The lowest BCUT2D eigenvalue weighted by molar-refractivity contribution is 0.789. The van der Waals surface area contributed by atoms with Crippen molar-refractivity contribution in [2.45, 2.75) is 26.8 Å². The molecule has 0 heterocycles. The zero-order chi connectivity index (χ0) is 12.0. The van der Waals surface area contributed by atoms with Gasteiger partial charge in [0.15, 0.2) is 0 Å². The first-order valence-corrected chi connectivity index (χ1v) is 6.28. The minimum Gasteiger partial charge on any atom is -0.372 e. The quantitative estimate of drug-likeness (QED) is 0.821. The van der Waals surface area contributed by atoms with Crippen LogP contribution in [0.1, 0.15) is 25.8 Å². The summed E-state index contributed by atoms with van der Waals surface area (Å²) in [5, 5.41) is 3.96. The summed E-state index contributed by atoms with van der Waals surface area (Å²) in [7, 11) is 1.93. The third-order valence-electron chi connectivity index (χ3n) is 2.64. The zero-order valence-electron chi connectivity index (χ0n) is 10.4. The van der Waals surface area contributed by atoms with Crippen LogP contribution < -0.4 is 10.2 Å². The lowest BCUT2D eigenvalue weighted by atomic mass is 10.2. The fourth-order valence-corrected chi connectivity index (χ4v) is 2.05. The van der Waals surface area contributed by atoms with E-state index in [9.17, 15) is 0 Å². The number of anilines is 1. The Balaban J connectivity index is 2.85. The molecule has 1 N–H and O–H groups in total. The zero-order valence-corrected chi connectivity index (χ0v) is 11.1. The average Bonchev–Trinajstić information content (AvgIpc) is 2.29. The van der Waals surface area contributed by atoms with Gasteiger partial charge < -0.3 is 10.2 Å². The van der Waals surface area contributed by atoms with E-state index in [1.165, 1.54) is 5.69 Å². The van der Waals surface area contributed by atoms with Gasteiger partial charge in [0.25, 0.3) is 0 Å². The first kappa shape index (κ1) is 13.3. The van der Waals surface area contributed by atoms with E-state index >= 15 is 0 Å². The molecule has 0 atom stereocenters. The molecule has 1 aromatic carbocycles. The molecule has 2 nitrogen and oxygen atoms in total. The van der Waals surface area contributed by atoms with Gasteiger partial charge in [-0.1, -0.05) is 24.6 Å². The van der Waals surface area contributed by atoms with Crippen LogP contribution in [0.5, 0.6) is 0 Å². The highest BCUT2D eigenvalue weighted by Gasteiger charge is 2.06. The van der Waals surface area contributed by atoms with Crippen molar-refractivity contribution in [2.24, 2.45) is 0 Å². The summed E-state index contributed by atoms with van der Waals surface area (Å²) in [6.07, 6.45) is 1.16. The van der Waals surface area contributed by atoms with Gasteiger partial charge in [0, 0.05) is 30.3 Å². The minimum atomic E-state index is 0.818. The second-order valence-electron chi connectivity index (χ2n) is 3.89. The number of hydrogen-bond donors (Lipinski definition) is 1. The fraction of sp³-hybridized carbons (Fsp3) is 0.538. The number of hydrogen-bond acceptors (Lipinski definition) is 2. The highest BCUT2D eigenvalue weighted by Crippen LogP contribution is 2.23. The molecule has 0 bridgehead atoms. The molecule has 3 heteroatoms. The molecule has 0 unspecified atom stereocenters. The highest BCUT2D eigenvalue weighted by atomic mass is 35.5. The molecular weight excluding hydrogens is 220 g/mol. The minimum absolute atomic E-state index is 0.818. The molecule has 1 aromatic rings. The van der Waals surface area contributed by atoms with E-state index in [-0.39, 0.29) is 0 Å². The lowest BCUT2D eigenvalue weighted by Crippen LogP contribution is -2.23. The van der Waals surface area contributed by atoms with E-state index in [1.807, 2.05) is 7.05 Å². The summed E-state index contributed by atoms with van der Waals surface area (Å²) in [4.78, 5) is 2.34. The largest absolute Gasteiger partial charge is 0.372 e. The van der Waals surface area contributed by atoms with Gasteiger partial charge in [-0.2, -0.15) is 0 Å². The summed E-state index contributed by atoms with van der Waals surface area (Å²) in [6.45, 7) is 7.29. The van der Waals surface area contributed by atoms with Crippen molar-refractivity contribution in [2.75, 3.05) is 25.0 Å². The summed E-state index contributed by atoms with van der Waals surface area (Å²) >= 11 is 6.24. The molecule has 0 saturated carbocycles. The summed E-state index contributed by atoms with van der Waals surface area (Å²) in [6, 6.07) is 6.32. The van der Waals surface area contributed by atoms with Crippen LogP contribution in [0.2, 0.25) is 5.02 Å². The Labute approximate surface area is 104 Å². The Morgan fingerprint density at radius 2 is 2.06 bits per heavy atom. The maximum Gasteiger partial charge on any atom is 0.0471 e. The van der Waals surface area contributed by atoms with Crippen molar-refractivity contribution in [3.05, 3.63) is 28.8 Å². The standard InChI is InChI=1S/C13H21ClN2/c1-4-8-16(5-2)12-7-6-11(10-15-3)13(14)9-12/h6-7,9,15H,4-5,8,10H2,1-3H3. The van der Waals surface area contributed by atoms with Crippen LogP contribution in [0.3, 0.4) is 0 Å². The maximum absolute atomic E-state index is 6.24. The van der Waals surface area contributed by atoms with Crippen LogP contribution in [0.15, 0.2) is 18.2 Å². The smallest absolute Gasteiger partial charge is 0.0471 e. The predicted octanol–water partition coefficient (Wildman–Crippen LogP) is 3.30. The Kier molecular flexibility index (Phi) is 5.64. The van der Waals surface area contributed by atoms with Crippen molar-refractivity contribution in [1.82, 2.24) is 5.32 Å². The average molecular weight is 241 g/mol. The first-order valence-electron chi connectivity index (χ1n) is 5.90. The monoisotopic (exact) mass is 240 g/mol. The number of halogens is 1. The molecule has 0 saturated heterocycles. The predicted molar refractivity (Wildman–Crippen MR) is 72.4 cm³/mol. The van der Waals surface area contributed by atoms with Crippen LogP contribution in [-0.2, 0) is 6.54 Å². The van der Waals surface area contributed by atoms with E-state index < -0.39 is 0 Å². The molecule has 0 aliphatic carbocycles. The first-order chi connectivity index (χ1) is 7.72. The molecule has 16 heavy (non-hydrogen) atoms. The van der Waals surface area contributed by atoms with Gasteiger partial charge in [-0.05, 0) is 38.1 Å². The van der Waals surface area contributed by atoms with Crippen molar-refractivity contribution in [1.29, 1.82) is 0 Å². The fourth-order valence-electron chi connectivity index (χ4n) is 1.81. The Morgan fingerprint density at radius 3 is 2.56 bits per heavy atom. The van der Waals surface area contributed by atoms with Gasteiger partial charge >= 0.3 is 0 Å². The molecule has 0 fully saturated rings. The lowest BCUT2D eigenvalue weighted by Gasteiger charge is -2.23. The van der Waals surface area contributed by atoms with Gasteiger partial charge in [-0.3, -0.25) is 0 Å². The van der Waals surface area contributed by atoms with Crippen molar-refractivity contribution in [3.8, 4) is 0 Å². The Bertz CT molecular complexity index is 326. The highest BCUT2D eigenvalue weighted by molar-refractivity contribution is 6.31. The van der Waals surface area contributed by atoms with Gasteiger partial charge in [0.2, 0.25) is 0 Å². The van der Waals surface area contributed by atoms with Crippen LogP contribution in [-0.4, -0.2) is 20.1 Å². The molecule has 90 valence electrons. The van der Waals surface area contributed by atoms with Gasteiger partial charge in [0.1, 0.15) is 0 Å². The number of nitrogens with one attached hydrogen (secondary N) is 1. The summed E-state index contributed by atoms with van der Waals surface area (Å²) in [5.41, 5.74) is 2.37. The number of rotatable bonds is 6. The van der Waals surface area contributed by atoms with Crippen LogP contribution in [0, 0.1) is 0 Å². The van der Waals surface area contributed by atoms with Crippen molar-refractivity contribution >= 4 is 17.3 Å². The number of benzene rings is 1. The van der Waals surface area contributed by atoms with Gasteiger partial charge in [-0.25, -0.2) is 0 Å². The normalized spacial score (nSPS) is 10.5. The van der Waals surface area contributed by atoms with Crippen LogP contribution in [0.25, 0.3) is 0 Å². The SMILES string of the molecule is CCCN(CC)c1ccc(CNC)c(Cl)c1. The second kappa shape index (κ2) is 6.77. The molecule has 0 aliphatic heterocycles. The molecule has 0 amide bonds. The maximum atomic E-state index is 6.24. The molecular formula is C13H21ClN2. The van der Waals surface area contributed by atoms with Crippen molar-refractivity contribution < 1.29 is 0 Å². The topological polar surface area (TPSA) is 15.3 Å². The van der Waals surface area contributed by atoms with Crippen molar-refractivity contribution in [3.63, 3.8) is 0 Å². The third kappa shape index (κ3) is 3.39. The van der Waals surface area contributed by atoms with Gasteiger partial charge in [0.05, 0.1) is 0 Å². The molecule has 0 aromatic heterocycles. The Hall–Kier alpha value is -0.730. The van der Waals surface area contributed by atoms with E-state index in [0.717, 1.165) is 36.6 Å². The van der Waals surface area contributed by atoms with Crippen LogP contribution >= 0.6 is 11.6 Å². The Morgan fingerprint density at radius 1 is 1.31 bits per heavy atom. The van der Waals surface area contributed by atoms with Gasteiger partial charge in [-0.15, -0.1) is 0 Å². The van der Waals surface area contributed by atoms with E-state index in [1.54, 1.807) is 0 Å². The molecule has 0 aliphatic rings. The number of nitrogens with zero attached hydrogens (tertiary/aromatic N) is 1. The second-order valence-corrected chi connectivity index (χ2v) is 4.29. The summed E-state index contributed by atoms with van der Waals surface area (Å²) in [5.74, 6) is 0. The third-order valence-corrected chi connectivity index (χ3v) is 3.00. The van der Waals surface area contributed by atoms with E-state index in [2.05, 4.69) is 42.3 Å². The van der Waals surface area contributed by atoms with E-state index in [0.29, 0.717) is 0 Å².